The molecule has 1 aliphatic carbocycles. The molecule has 202 valence electrons. The maximum atomic E-state index is 13.4. The van der Waals surface area contributed by atoms with E-state index in [1.807, 2.05) is 19.1 Å². The average molecular weight is 517 g/mol. The van der Waals surface area contributed by atoms with E-state index in [0.29, 0.717) is 25.7 Å². The van der Waals surface area contributed by atoms with Crippen LogP contribution in [0.3, 0.4) is 0 Å². The molecule has 0 aromatic rings. The quantitative estimate of drug-likeness (QED) is 0.204. The number of carbonyl (C=O) groups is 2. The molecule has 2 fully saturated rings. The third kappa shape index (κ3) is 10.0. The number of guanidine groups is 1. The van der Waals surface area contributed by atoms with Crippen molar-refractivity contribution >= 4 is 18.0 Å². The molecule has 36 heavy (non-hydrogen) atoms. The van der Waals surface area contributed by atoms with E-state index in [-0.39, 0.29) is 31.1 Å². The maximum absolute atomic E-state index is 13.4. The summed E-state index contributed by atoms with van der Waals surface area (Å²) in [6.45, 7) is 5.41. The number of alkyl halides is 3. The monoisotopic (exact) mass is 516 g/mol. The summed E-state index contributed by atoms with van der Waals surface area (Å²) >= 11 is 0. The fourth-order valence-electron chi connectivity index (χ4n) is 3.88. The van der Waals surface area contributed by atoms with Crippen molar-refractivity contribution in [3.8, 4) is 0 Å². The lowest BCUT2D eigenvalue weighted by molar-refractivity contribution is -0.424. The van der Waals surface area contributed by atoms with E-state index >= 15 is 0 Å². The van der Waals surface area contributed by atoms with Gasteiger partial charge in [-0.15, -0.1) is 0 Å². The Hall–Kier alpha value is -2.86. The van der Waals surface area contributed by atoms with E-state index in [4.69, 9.17) is 4.74 Å². The second-order valence-corrected chi connectivity index (χ2v) is 8.56. The highest BCUT2D eigenvalue weighted by Gasteiger charge is 2.52. The van der Waals surface area contributed by atoms with Gasteiger partial charge in [0.15, 0.2) is 6.10 Å². The molecule has 2 amide bonds. The van der Waals surface area contributed by atoms with Crippen LogP contribution in [0, 0.1) is 5.92 Å². The first kappa shape index (κ1) is 29.4. The number of carbonyl (C=O) groups excluding carboxylic acids is 2. The minimum absolute atomic E-state index is 0.0394. The van der Waals surface area contributed by atoms with Crippen molar-refractivity contribution in [2.45, 2.75) is 83.3 Å². The first-order valence-corrected chi connectivity index (χ1v) is 12.1. The van der Waals surface area contributed by atoms with E-state index in [1.165, 1.54) is 13.1 Å². The molecule has 2 rings (SSSR count). The number of halogens is 3. The lowest BCUT2D eigenvalue weighted by atomic mass is 9.91. The van der Waals surface area contributed by atoms with E-state index < -0.39 is 36.3 Å². The molecule has 1 heterocycles. The second-order valence-electron chi connectivity index (χ2n) is 8.56. The summed E-state index contributed by atoms with van der Waals surface area (Å²) in [7, 11) is 0. The molecule has 2 aliphatic rings. The Morgan fingerprint density at radius 1 is 1.08 bits per heavy atom. The van der Waals surface area contributed by atoms with Crippen molar-refractivity contribution in [1.29, 1.82) is 0 Å². The number of nitrogens with zero attached hydrogens (tertiary/aromatic N) is 1. The lowest BCUT2D eigenvalue weighted by Gasteiger charge is -2.33. The zero-order valence-electron chi connectivity index (χ0n) is 20.7. The zero-order valence-corrected chi connectivity index (χ0v) is 20.7. The van der Waals surface area contributed by atoms with Crippen LogP contribution < -0.4 is 16.0 Å². The van der Waals surface area contributed by atoms with E-state index in [9.17, 15) is 22.8 Å². The van der Waals surface area contributed by atoms with Crippen molar-refractivity contribution in [2.75, 3.05) is 6.61 Å². The third-order valence-electron chi connectivity index (χ3n) is 5.62. The van der Waals surface area contributed by atoms with Gasteiger partial charge in [0.2, 0.25) is 11.9 Å². The molecule has 0 bridgehead atoms. The predicted octanol–water partition coefficient (Wildman–Crippen LogP) is 4.04. The molecular formula is C24H35F3N4O5. The Labute approximate surface area is 209 Å². The lowest BCUT2D eigenvalue weighted by Crippen LogP contribution is -2.53. The molecule has 0 aromatic heterocycles. The zero-order chi connectivity index (χ0) is 26.6. The molecule has 1 saturated carbocycles. The minimum atomic E-state index is -4.77. The van der Waals surface area contributed by atoms with Gasteiger partial charge in [-0.05, 0) is 59.0 Å². The molecule has 0 radical (unpaired) electrons. The summed E-state index contributed by atoms with van der Waals surface area (Å²) < 4.78 is 45.2. The molecule has 0 spiro atoms. The Balaban J connectivity index is 2.10. The van der Waals surface area contributed by atoms with Gasteiger partial charge in [0.1, 0.15) is 0 Å². The van der Waals surface area contributed by atoms with E-state index in [1.54, 1.807) is 25.2 Å². The van der Waals surface area contributed by atoms with Gasteiger partial charge < -0.3 is 15.4 Å². The van der Waals surface area contributed by atoms with Crippen molar-refractivity contribution in [3.05, 3.63) is 36.6 Å². The van der Waals surface area contributed by atoms with Crippen LogP contribution in [0.2, 0.25) is 0 Å². The van der Waals surface area contributed by atoms with Crippen LogP contribution in [0.25, 0.3) is 0 Å². The number of nitrogens with one attached hydrogen (secondary N) is 3. The van der Waals surface area contributed by atoms with Crippen LogP contribution in [0.4, 0.5) is 18.0 Å². The van der Waals surface area contributed by atoms with Gasteiger partial charge in [0.05, 0.1) is 24.7 Å². The summed E-state index contributed by atoms with van der Waals surface area (Å²) in [5.41, 5.74) is 0. The number of alkyl carbamates (subject to hydrolysis) is 1. The summed E-state index contributed by atoms with van der Waals surface area (Å²) in [6.07, 6.45) is 4.49. The van der Waals surface area contributed by atoms with Gasteiger partial charge in [0, 0.05) is 12.2 Å². The van der Waals surface area contributed by atoms with Gasteiger partial charge >= 0.3 is 12.3 Å². The normalized spacial score (nSPS) is 27.9. The van der Waals surface area contributed by atoms with Crippen molar-refractivity contribution in [2.24, 2.45) is 10.9 Å². The number of aliphatic imine (C=N–C) groups is 1. The summed E-state index contributed by atoms with van der Waals surface area (Å²) in [4.78, 5) is 38.2. The standard InChI is InChI=1S/C24H35F3N4O5/c1-4-6-7-8-9-14-28-22(29-17-10-12-18(13-11-17)30-23(33)34-5-2)31-21(32)19-15-16(3)35-36-20(19)24(25,26)27/h4,6-9,14,16-20H,5,10-13,15H2,1-3H3,(H,30,33)(H2,28,29,31,32)/b6-4+,8-7-,14-9+. The number of amides is 2. The molecule has 0 aromatic carbocycles. The average Bonchev–Trinajstić information content (AvgIpc) is 2.81. The van der Waals surface area contributed by atoms with Gasteiger partial charge in [-0.2, -0.15) is 13.2 Å². The fraction of sp³-hybridized carbons (Fsp3) is 0.625. The van der Waals surface area contributed by atoms with Gasteiger partial charge in [-0.25, -0.2) is 19.6 Å². The molecule has 3 N–H and O–H groups in total. The van der Waals surface area contributed by atoms with Crippen LogP contribution in [0.15, 0.2) is 41.6 Å². The third-order valence-corrected chi connectivity index (χ3v) is 5.62. The summed E-state index contributed by atoms with van der Waals surface area (Å²) in [5, 5.41) is 8.16. The molecule has 1 aliphatic heterocycles. The van der Waals surface area contributed by atoms with E-state index in [0.717, 1.165) is 0 Å². The number of hydrogen-bond donors (Lipinski definition) is 3. The van der Waals surface area contributed by atoms with Crippen molar-refractivity contribution in [3.63, 3.8) is 0 Å². The number of ether oxygens (including phenoxy) is 1. The minimum Gasteiger partial charge on any atom is -0.450 e. The largest absolute Gasteiger partial charge is 0.450 e. The first-order valence-electron chi connectivity index (χ1n) is 12.1. The smallest absolute Gasteiger partial charge is 0.418 e. The Morgan fingerprint density at radius 3 is 2.42 bits per heavy atom. The van der Waals surface area contributed by atoms with Crippen LogP contribution in [-0.4, -0.2) is 55.0 Å². The molecule has 9 nitrogen and oxygen atoms in total. The summed E-state index contributed by atoms with van der Waals surface area (Å²) in [5.74, 6) is -2.32. The number of allylic oxidation sites excluding steroid dienone is 5. The molecule has 3 atom stereocenters. The SMILES string of the molecule is C/C=C/C=C\C=C\NC(=NC1CCC(NC(=O)OCC)CC1)NC(=O)C1CC(C)OOC1C(F)(F)F. The van der Waals surface area contributed by atoms with Gasteiger partial charge in [-0.1, -0.05) is 24.3 Å². The Kier molecular flexibility index (Phi) is 11.9. The topological polar surface area (TPSA) is 110 Å². The van der Waals surface area contributed by atoms with Gasteiger partial charge in [-0.3, -0.25) is 10.1 Å². The van der Waals surface area contributed by atoms with Crippen LogP contribution in [-0.2, 0) is 19.3 Å². The molecular weight excluding hydrogens is 481 g/mol. The number of hydrogen-bond acceptors (Lipinski definition) is 6. The maximum Gasteiger partial charge on any atom is 0.418 e. The highest BCUT2D eigenvalue weighted by atomic mass is 19.4. The number of rotatable bonds is 7. The Bertz CT molecular complexity index is 836. The fourth-order valence-corrected chi connectivity index (χ4v) is 3.88. The van der Waals surface area contributed by atoms with Crippen LogP contribution >= 0.6 is 0 Å². The van der Waals surface area contributed by atoms with Crippen LogP contribution in [0.5, 0.6) is 0 Å². The van der Waals surface area contributed by atoms with Crippen LogP contribution in [0.1, 0.15) is 52.9 Å². The highest BCUT2D eigenvalue weighted by molar-refractivity contribution is 5.98. The van der Waals surface area contributed by atoms with Crippen molar-refractivity contribution < 1.29 is 37.3 Å². The predicted molar refractivity (Wildman–Crippen MR) is 128 cm³/mol. The first-order chi connectivity index (χ1) is 17.1. The summed E-state index contributed by atoms with van der Waals surface area (Å²) in [6, 6.07) is -0.241. The molecule has 3 unspecified atom stereocenters. The molecule has 1 saturated heterocycles. The second kappa shape index (κ2) is 14.6. The molecule has 12 heteroatoms. The van der Waals surface area contributed by atoms with Crippen molar-refractivity contribution in [1.82, 2.24) is 16.0 Å². The van der Waals surface area contributed by atoms with Gasteiger partial charge in [0.25, 0.3) is 0 Å². The highest BCUT2D eigenvalue weighted by Crippen LogP contribution is 2.35. The Morgan fingerprint density at radius 2 is 1.78 bits per heavy atom. The van der Waals surface area contributed by atoms with E-state index in [2.05, 4.69) is 30.7 Å².